The summed E-state index contributed by atoms with van der Waals surface area (Å²) >= 11 is 0. The van der Waals surface area contributed by atoms with Crippen LogP contribution in [0.4, 0.5) is 4.39 Å². The molecule has 1 aromatic carbocycles. The number of fused-ring (bicyclic) bond motifs is 1. The van der Waals surface area contributed by atoms with Crippen LogP contribution in [-0.4, -0.2) is 29.9 Å². The van der Waals surface area contributed by atoms with Crippen LogP contribution in [0.15, 0.2) is 18.2 Å². The Morgan fingerprint density at radius 2 is 2.14 bits per heavy atom. The summed E-state index contributed by atoms with van der Waals surface area (Å²) in [5.41, 5.74) is 12.2. The van der Waals surface area contributed by atoms with Gasteiger partial charge >= 0.3 is 0 Å². The zero-order chi connectivity index (χ0) is 15.0. The third-order valence-electron chi connectivity index (χ3n) is 4.96. The van der Waals surface area contributed by atoms with Gasteiger partial charge in [-0.15, -0.1) is 0 Å². The summed E-state index contributed by atoms with van der Waals surface area (Å²) in [5, 5.41) is 0. The van der Waals surface area contributed by atoms with Crippen molar-refractivity contribution in [2.75, 3.05) is 13.1 Å². The molecule has 21 heavy (non-hydrogen) atoms. The number of carbonyl (C=O) groups excluding carboxylic acids is 1. The summed E-state index contributed by atoms with van der Waals surface area (Å²) < 4.78 is 14.1. The SMILES string of the molecule is NC(=O)c1ccc(CN2CC3CCCC(N)C3C2)c(F)c1. The lowest BCUT2D eigenvalue weighted by Crippen LogP contribution is -2.38. The number of hydrogen-bond acceptors (Lipinski definition) is 3. The number of benzene rings is 1. The van der Waals surface area contributed by atoms with Crippen molar-refractivity contribution in [1.82, 2.24) is 4.90 Å². The quantitative estimate of drug-likeness (QED) is 0.886. The monoisotopic (exact) mass is 291 g/mol. The molecule has 4 N–H and O–H groups in total. The van der Waals surface area contributed by atoms with E-state index in [2.05, 4.69) is 4.90 Å². The lowest BCUT2D eigenvalue weighted by Gasteiger charge is -2.29. The van der Waals surface area contributed by atoms with Crippen molar-refractivity contribution in [2.24, 2.45) is 23.3 Å². The molecule has 0 radical (unpaired) electrons. The van der Waals surface area contributed by atoms with Gasteiger partial charge in [0.05, 0.1) is 0 Å². The van der Waals surface area contributed by atoms with E-state index in [9.17, 15) is 9.18 Å². The topological polar surface area (TPSA) is 72.4 Å². The number of nitrogens with two attached hydrogens (primary N) is 2. The van der Waals surface area contributed by atoms with Crippen molar-refractivity contribution in [3.8, 4) is 0 Å². The normalized spacial score (nSPS) is 29.3. The highest BCUT2D eigenvalue weighted by Crippen LogP contribution is 2.36. The first-order chi connectivity index (χ1) is 10.0. The lowest BCUT2D eigenvalue weighted by molar-refractivity contribution is 0.1000. The Kier molecular flexibility index (Phi) is 3.95. The van der Waals surface area contributed by atoms with Crippen LogP contribution in [0.25, 0.3) is 0 Å². The maximum absolute atomic E-state index is 14.1. The molecule has 1 heterocycles. The van der Waals surface area contributed by atoms with Crippen LogP contribution in [0.3, 0.4) is 0 Å². The van der Waals surface area contributed by atoms with Gasteiger partial charge in [-0.2, -0.15) is 0 Å². The van der Waals surface area contributed by atoms with E-state index in [1.54, 1.807) is 12.1 Å². The standard InChI is InChI=1S/C16H22FN3O/c17-14-6-10(16(19)21)4-5-12(14)8-20-7-11-2-1-3-15(18)13(11)9-20/h4-6,11,13,15H,1-3,7-9,18H2,(H2,19,21). The minimum absolute atomic E-state index is 0.216. The van der Waals surface area contributed by atoms with Gasteiger partial charge in [-0.05, 0) is 36.8 Å². The molecule has 4 nitrogen and oxygen atoms in total. The van der Waals surface area contributed by atoms with E-state index in [0.29, 0.717) is 23.9 Å². The Morgan fingerprint density at radius 3 is 2.81 bits per heavy atom. The number of likely N-dealkylation sites (tertiary alicyclic amines) is 1. The van der Waals surface area contributed by atoms with Crippen LogP contribution < -0.4 is 11.5 Å². The van der Waals surface area contributed by atoms with E-state index in [0.717, 1.165) is 19.5 Å². The average Bonchev–Trinajstić information content (AvgIpc) is 2.85. The molecule has 0 spiro atoms. The second-order valence-corrected chi connectivity index (χ2v) is 6.38. The largest absolute Gasteiger partial charge is 0.366 e. The van der Waals surface area contributed by atoms with Crippen LogP contribution >= 0.6 is 0 Å². The van der Waals surface area contributed by atoms with Gasteiger partial charge < -0.3 is 11.5 Å². The van der Waals surface area contributed by atoms with Crippen molar-refractivity contribution in [3.63, 3.8) is 0 Å². The Balaban J connectivity index is 1.69. The van der Waals surface area contributed by atoms with Gasteiger partial charge in [-0.25, -0.2) is 4.39 Å². The minimum atomic E-state index is -0.599. The number of hydrogen-bond donors (Lipinski definition) is 2. The molecule has 1 saturated heterocycles. The summed E-state index contributed by atoms with van der Waals surface area (Å²) in [6, 6.07) is 4.77. The first-order valence-electron chi connectivity index (χ1n) is 7.61. The Hall–Kier alpha value is -1.46. The second kappa shape index (κ2) is 5.73. The molecule has 1 amide bonds. The predicted molar refractivity (Wildman–Crippen MR) is 79.0 cm³/mol. The third-order valence-corrected chi connectivity index (χ3v) is 4.96. The molecule has 3 unspecified atom stereocenters. The van der Waals surface area contributed by atoms with E-state index in [-0.39, 0.29) is 17.4 Å². The van der Waals surface area contributed by atoms with Crippen molar-refractivity contribution >= 4 is 5.91 Å². The van der Waals surface area contributed by atoms with E-state index in [1.807, 2.05) is 0 Å². The molecule has 0 bridgehead atoms. The number of rotatable bonds is 3. The summed E-state index contributed by atoms with van der Waals surface area (Å²) in [6.07, 6.45) is 3.55. The van der Waals surface area contributed by atoms with Crippen molar-refractivity contribution in [3.05, 3.63) is 35.1 Å². The maximum Gasteiger partial charge on any atom is 0.248 e. The Labute approximate surface area is 124 Å². The minimum Gasteiger partial charge on any atom is -0.366 e. The van der Waals surface area contributed by atoms with Crippen LogP contribution in [-0.2, 0) is 6.54 Å². The van der Waals surface area contributed by atoms with Crippen LogP contribution in [0.5, 0.6) is 0 Å². The van der Waals surface area contributed by atoms with E-state index < -0.39 is 5.91 Å². The average molecular weight is 291 g/mol. The van der Waals surface area contributed by atoms with E-state index in [4.69, 9.17) is 11.5 Å². The van der Waals surface area contributed by atoms with Gasteiger partial charge in [-0.1, -0.05) is 12.5 Å². The summed E-state index contributed by atoms with van der Waals surface area (Å²) in [6.45, 7) is 2.52. The van der Waals surface area contributed by atoms with Crippen molar-refractivity contribution in [1.29, 1.82) is 0 Å². The van der Waals surface area contributed by atoms with Gasteiger partial charge in [0.1, 0.15) is 5.82 Å². The zero-order valence-electron chi connectivity index (χ0n) is 12.1. The van der Waals surface area contributed by atoms with Gasteiger partial charge in [-0.3, -0.25) is 9.69 Å². The molecule has 3 rings (SSSR count). The summed E-state index contributed by atoms with van der Waals surface area (Å²) in [7, 11) is 0. The van der Waals surface area contributed by atoms with Gasteiger partial charge in [0.2, 0.25) is 5.91 Å². The highest BCUT2D eigenvalue weighted by molar-refractivity contribution is 5.92. The first kappa shape index (κ1) is 14.5. The Morgan fingerprint density at radius 1 is 1.33 bits per heavy atom. The molecule has 1 saturated carbocycles. The van der Waals surface area contributed by atoms with Gasteiger partial charge in [0.25, 0.3) is 0 Å². The maximum atomic E-state index is 14.1. The highest BCUT2D eigenvalue weighted by atomic mass is 19.1. The molecule has 2 fully saturated rings. The molecule has 1 aromatic rings. The summed E-state index contributed by atoms with van der Waals surface area (Å²) in [4.78, 5) is 13.3. The number of halogens is 1. The predicted octanol–water partition coefficient (Wildman–Crippen LogP) is 1.48. The highest BCUT2D eigenvalue weighted by Gasteiger charge is 2.38. The van der Waals surface area contributed by atoms with E-state index in [1.165, 1.54) is 18.9 Å². The first-order valence-corrected chi connectivity index (χ1v) is 7.61. The van der Waals surface area contributed by atoms with Crippen molar-refractivity contribution in [2.45, 2.75) is 31.8 Å². The molecule has 2 aliphatic rings. The fourth-order valence-corrected chi connectivity index (χ4v) is 3.81. The number of carbonyl (C=O) groups is 1. The third kappa shape index (κ3) is 2.94. The lowest BCUT2D eigenvalue weighted by atomic mass is 9.78. The smallest absolute Gasteiger partial charge is 0.248 e. The fraction of sp³-hybridized carbons (Fsp3) is 0.562. The van der Waals surface area contributed by atoms with Crippen molar-refractivity contribution < 1.29 is 9.18 Å². The van der Waals surface area contributed by atoms with Crippen LogP contribution in [0.1, 0.15) is 35.2 Å². The number of amides is 1. The number of nitrogens with zero attached hydrogens (tertiary/aromatic N) is 1. The summed E-state index contributed by atoms with van der Waals surface area (Å²) in [5.74, 6) is 0.248. The second-order valence-electron chi connectivity index (χ2n) is 6.38. The van der Waals surface area contributed by atoms with Crippen LogP contribution in [0.2, 0.25) is 0 Å². The van der Waals surface area contributed by atoms with E-state index >= 15 is 0 Å². The zero-order valence-corrected chi connectivity index (χ0v) is 12.1. The molecule has 5 heteroatoms. The van der Waals surface area contributed by atoms with Gasteiger partial charge in [0, 0.05) is 36.8 Å². The van der Waals surface area contributed by atoms with Crippen LogP contribution in [0, 0.1) is 17.7 Å². The fourth-order valence-electron chi connectivity index (χ4n) is 3.81. The molecular formula is C16H22FN3O. The number of primary amides is 1. The molecule has 1 aliphatic carbocycles. The molecule has 3 atom stereocenters. The molecule has 1 aliphatic heterocycles. The molecule has 114 valence electrons. The molecule has 0 aromatic heterocycles. The van der Waals surface area contributed by atoms with Gasteiger partial charge in [0.15, 0.2) is 0 Å². The Bertz CT molecular complexity index is 548. The molecular weight excluding hydrogens is 269 g/mol.